The first-order chi connectivity index (χ1) is 14.3. The van der Waals surface area contributed by atoms with Crippen molar-refractivity contribution in [1.82, 2.24) is 0 Å². The van der Waals surface area contributed by atoms with E-state index in [4.69, 9.17) is 0 Å². The number of fused-ring (bicyclic) bond motifs is 7. The molecule has 5 aliphatic carbocycles. The van der Waals surface area contributed by atoms with Crippen LogP contribution in [0.1, 0.15) is 113 Å². The molecule has 4 fully saturated rings. The Morgan fingerprint density at radius 1 is 0.871 bits per heavy atom. The number of carbonyl (C=O) groups is 1. The summed E-state index contributed by atoms with van der Waals surface area (Å²) in [5.74, 6) is 4.33. The quantitative estimate of drug-likeness (QED) is 0.387. The Labute approximate surface area is 192 Å². The molecule has 1 heteroatoms. The molecule has 0 aromatic heterocycles. The van der Waals surface area contributed by atoms with Crippen LogP contribution >= 0.6 is 0 Å². The second kappa shape index (κ2) is 6.50. The zero-order valence-corrected chi connectivity index (χ0v) is 21.7. The topological polar surface area (TPSA) is 17.1 Å². The van der Waals surface area contributed by atoms with E-state index in [0.717, 1.165) is 36.5 Å². The van der Waals surface area contributed by atoms with E-state index in [1.54, 1.807) is 5.57 Å². The van der Waals surface area contributed by atoms with Gasteiger partial charge in [0.25, 0.3) is 0 Å². The summed E-state index contributed by atoms with van der Waals surface area (Å²) in [6.45, 7) is 20.1. The summed E-state index contributed by atoms with van der Waals surface area (Å²) in [6.07, 6.45) is 14.2. The molecule has 8 atom stereocenters. The molecule has 0 radical (unpaired) electrons. The number of hydrogen-bond acceptors (Lipinski definition) is 1. The molecular formula is C30H48O. The Morgan fingerprint density at radius 2 is 1.58 bits per heavy atom. The van der Waals surface area contributed by atoms with Gasteiger partial charge >= 0.3 is 0 Å². The summed E-state index contributed by atoms with van der Waals surface area (Å²) >= 11 is 0. The van der Waals surface area contributed by atoms with Crippen LogP contribution in [0.2, 0.25) is 0 Å². The molecule has 0 aliphatic heterocycles. The number of carbonyl (C=O) groups excluding carboxylic acids is 1. The van der Waals surface area contributed by atoms with Gasteiger partial charge in [0.1, 0.15) is 5.78 Å². The van der Waals surface area contributed by atoms with E-state index >= 15 is 0 Å². The largest absolute Gasteiger partial charge is 0.299 e. The molecule has 0 amide bonds. The maximum absolute atomic E-state index is 12.9. The Kier molecular flexibility index (Phi) is 4.66. The molecule has 0 aromatic carbocycles. The van der Waals surface area contributed by atoms with Gasteiger partial charge in [0.15, 0.2) is 0 Å². The van der Waals surface area contributed by atoms with Crippen molar-refractivity contribution in [2.45, 2.75) is 113 Å². The number of rotatable bonds is 1. The fourth-order valence-corrected chi connectivity index (χ4v) is 10.8. The lowest BCUT2D eigenvalue weighted by atomic mass is 9.35. The van der Waals surface area contributed by atoms with Gasteiger partial charge in [0, 0.05) is 11.8 Å². The first kappa shape index (κ1) is 22.2. The molecule has 0 spiro atoms. The molecule has 31 heavy (non-hydrogen) atoms. The minimum absolute atomic E-state index is 0.153. The highest BCUT2D eigenvalue weighted by Gasteiger charge is 2.68. The van der Waals surface area contributed by atoms with E-state index in [2.05, 4.69) is 61.5 Å². The van der Waals surface area contributed by atoms with Gasteiger partial charge in [-0.2, -0.15) is 0 Å². The van der Waals surface area contributed by atoms with Crippen molar-refractivity contribution in [3.8, 4) is 0 Å². The zero-order chi connectivity index (χ0) is 22.6. The molecule has 0 N–H and O–H groups in total. The van der Waals surface area contributed by atoms with E-state index in [1.807, 2.05) is 0 Å². The predicted octanol–water partition coefficient (Wildman–Crippen LogP) is 8.23. The molecule has 0 unspecified atom stereocenters. The Hall–Kier alpha value is -0.590. The van der Waals surface area contributed by atoms with Gasteiger partial charge in [-0.15, -0.1) is 0 Å². The molecule has 5 aliphatic rings. The summed E-state index contributed by atoms with van der Waals surface area (Å²) in [5.41, 5.74) is 3.25. The fourth-order valence-electron chi connectivity index (χ4n) is 10.8. The predicted molar refractivity (Wildman–Crippen MR) is 130 cm³/mol. The second-order valence-corrected chi connectivity index (χ2v) is 14.5. The number of Topliss-reactive ketones (excluding diaryl/α,β-unsaturated/α-hetero) is 1. The third-order valence-electron chi connectivity index (χ3n) is 12.8. The highest BCUT2D eigenvalue weighted by Crippen LogP contribution is 2.76. The van der Waals surface area contributed by atoms with Crippen LogP contribution in [-0.2, 0) is 4.79 Å². The summed E-state index contributed by atoms with van der Waals surface area (Å²) in [6, 6.07) is 0. The zero-order valence-electron chi connectivity index (χ0n) is 21.7. The van der Waals surface area contributed by atoms with Gasteiger partial charge in [-0.05, 0) is 103 Å². The smallest absolute Gasteiger partial charge is 0.138 e. The number of hydrogen-bond donors (Lipinski definition) is 0. The third kappa shape index (κ3) is 2.59. The second-order valence-electron chi connectivity index (χ2n) is 14.5. The van der Waals surface area contributed by atoms with Gasteiger partial charge in [-0.3, -0.25) is 4.79 Å². The standard InChI is InChI=1S/C30H48O/c1-19(2)20-11-14-27(5)17-18-29(7)22-9-10-23-26(3,4)24(31)13-15-28(23,6)21(22)12-16-30(29,8)25(20)27/h12,19-20,22-23,25H,9-11,13-18H2,1-8H3/t20-,22-,23+,25-,27+,28+,29+,30-/m0/s1. The molecule has 0 heterocycles. The number of allylic oxidation sites excluding steroid dienone is 2. The van der Waals surface area contributed by atoms with Crippen molar-refractivity contribution >= 4 is 5.78 Å². The van der Waals surface area contributed by atoms with Crippen LogP contribution in [-0.4, -0.2) is 5.78 Å². The maximum atomic E-state index is 12.9. The van der Waals surface area contributed by atoms with Crippen molar-refractivity contribution in [3.05, 3.63) is 11.6 Å². The first-order valence-electron chi connectivity index (χ1n) is 13.6. The van der Waals surface area contributed by atoms with E-state index in [9.17, 15) is 4.79 Å². The molecule has 174 valence electrons. The lowest BCUT2D eigenvalue weighted by Crippen LogP contribution is -2.62. The van der Waals surface area contributed by atoms with Crippen LogP contribution < -0.4 is 0 Å². The van der Waals surface area contributed by atoms with Gasteiger partial charge in [0.05, 0.1) is 0 Å². The molecule has 0 aromatic rings. The summed E-state index contributed by atoms with van der Waals surface area (Å²) in [4.78, 5) is 12.9. The van der Waals surface area contributed by atoms with Gasteiger partial charge in [-0.25, -0.2) is 0 Å². The van der Waals surface area contributed by atoms with Crippen molar-refractivity contribution in [2.24, 2.45) is 56.7 Å². The van der Waals surface area contributed by atoms with Gasteiger partial charge in [0.2, 0.25) is 0 Å². The lowest BCUT2D eigenvalue weighted by Gasteiger charge is -2.69. The molecule has 0 bridgehead atoms. The number of ketones is 1. The third-order valence-corrected chi connectivity index (χ3v) is 12.8. The van der Waals surface area contributed by atoms with Crippen LogP contribution in [0.5, 0.6) is 0 Å². The highest BCUT2D eigenvalue weighted by molar-refractivity contribution is 5.85. The van der Waals surface area contributed by atoms with Crippen LogP contribution in [0.25, 0.3) is 0 Å². The molecular weight excluding hydrogens is 376 g/mol. The van der Waals surface area contributed by atoms with E-state index < -0.39 is 0 Å². The summed E-state index contributed by atoms with van der Waals surface area (Å²) in [5, 5.41) is 0. The fraction of sp³-hybridized carbons (Fsp3) is 0.900. The normalized spacial score (nSPS) is 53.3. The van der Waals surface area contributed by atoms with Crippen molar-refractivity contribution in [3.63, 3.8) is 0 Å². The van der Waals surface area contributed by atoms with Crippen LogP contribution in [0, 0.1) is 56.7 Å². The van der Waals surface area contributed by atoms with E-state index in [0.29, 0.717) is 27.9 Å². The SMILES string of the molecule is CC(C)[C@@H]1CC[C@]2(C)CC[C@]3(C)[C@H]4CC[C@@H]5C(C)(C)C(=O)CC[C@]5(C)C4=CC[C@@]3(C)[C@@H]12. The van der Waals surface area contributed by atoms with E-state index in [1.165, 1.54) is 44.9 Å². The van der Waals surface area contributed by atoms with Crippen LogP contribution in [0.4, 0.5) is 0 Å². The van der Waals surface area contributed by atoms with Crippen molar-refractivity contribution < 1.29 is 4.79 Å². The Bertz CT molecular complexity index is 818. The average molecular weight is 425 g/mol. The van der Waals surface area contributed by atoms with Crippen LogP contribution in [0.15, 0.2) is 11.6 Å². The summed E-state index contributed by atoms with van der Waals surface area (Å²) in [7, 11) is 0. The Morgan fingerprint density at radius 3 is 2.26 bits per heavy atom. The van der Waals surface area contributed by atoms with Crippen LogP contribution in [0.3, 0.4) is 0 Å². The van der Waals surface area contributed by atoms with Crippen molar-refractivity contribution in [1.29, 1.82) is 0 Å². The lowest BCUT2D eigenvalue weighted by molar-refractivity contribution is -0.164. The molecule has 4 saturated carbocycles. The first-order valence-corrected chi connectivity index (χ1v) is 13.6. The molecule has 1 nitrogen and oxygen atoms in total. The Balaban J connectivity index is 1.60. The van der Waals surface area contributed by atoms with Crippen molar-refractivity contribution in [2.75, 3.05) is 0 Å². The van der Waals surface area contributed by atoms with E-state index in [-0.39, 0.29) is 10.8 Å². The minimum atomic E-state index is -0.153. The average Bonchev–Trinajstić information content (AvgIpc) is 3.06. The van der Waals surface area contributed by atoms with Gasteiger partial charge in [-0.1, -0.05) is 67.0 Å². The summed E-state index contributed by atoms with van der Waals surface area (Å²) < 4.78 is 0. The monoisotopic (exact) mass is 424 g/mol. The molecule has 0 saturated heterocycles. The molecule has 5 rings (SSSR count). The highest BCUT2D eigenvalue weighted by atomic mass is 16.1. The minimum Gasteiger partial charge on any atom is -0.299 e. The maximum Gasteiger partial charge on any atom is 0.138 e. The van der Waals surface area contributed by atoms with Gasteiger partial charge < -0.3 is 0 Å².